The van der Waals surface area contributed by atoms with Crippen molar-refractivity contribution in [3.63, 3.8) is 0 Å². The highest BCUT2D eigenvalue weighted by atomic mass is 32.2. The first kappa shape index (κ1) is 31.1. The van der Waals surface area contributed by atoms with Gasteiger partial charge in [0.25, 0.3) is 0 Å². The molecule has 6 aliphatic heterocycles. The number of anilines is 1. The van der Waals surface area contributed by atoms with Crippen LogP contribution >= 0.6 is 0 Å². The number of piperazine rings is 1. The molecule has 2 aromatic carbocycles. The molecule has 7 heterocycles. The van der Waals surface area contributed by atoms with Crippen molar-refractivity contribution in [2.75, 3.05) is 50.9 Å². The number of aromatic nitrogens is 2. The number of benzene rings is 2. The van der Waals surface area contributed by atoms with E-state index in [4.69, 9.17) is 20.9 Å². The van der Waals surface area contributed by atoms with E-state index >= 15 is 8.78 Å². The SMILES string of the molecule is C#Cc1c(F)ccc2cc(O)cc(C3=C(F)c4nc(OC[C@@]56CCCN5C[C@H](F)C6)nc(N5CC6CCC(C5)N6)c4S(=O)N3C3COC3)c12. The minimum atomic E-state index is -2.06. The van der Waals surface area contributed by atoms with Gasteiger partial charge in [-0.3, -0.25) is 9.21 Å². The normalized spacial score (nSPS) is 29.7. The van der Waals surface area contributed by atoms with Crippen molar-refractivity contribution in [3.8, 4) is 24.1 Å². The lowest BCUT2D eigenvalue weighted by atomic mass is 9.95. The van der Waals surface area contributed by atoms with Gasteiger partial charge < -0.3 is 24.8 Å². The molecule has 5 saturated heterocycles. The first-order valence-corrected chi connectivity index (χ1v) is 17.9. The molecule has 2 bridgehead atoms. The summed E-state index contributed by atoms with van der Waals surface area (Å²) in [6, 6.07) is 5.18. The maximum absolute atomic E-state index is 17.6. The Labute approximate surface area is 283 Å². The Kier molecular flexibility index (Phi) is 7.35. The maximum atomic E-state index is 17.6. The molecule has 3 aromatic rings. The summed E-state index contributed by atoms with van der Waals surface area (Å²) in [6.45, 7) is 2.76. The predicted octanol–water partition coefficient (Wildman–Crippen LogP) is 3.88. The molecule has 1 aromatic heterocycles. The van der Waals surface area contributed by atoms with Gasteiger partial charge in [0, 0.05) is 49.1 Å². The van der Waals surface area contributed by atoms with E-state index in [0.29, 0.717) is 37.3 Å². The first-order valence-electron chi connectivity index (χ1n) is 16.8. The number of rotatable bonds is 6. The molecule has 0 spiro atoms. The molecule has 0 saturated carbocycles. The van der Waals surface area contributed by atoms with Gasteiger partial charge in [-0.25, -0.2) is 17.4 Å². The number of aromatic hydroxyl groups is 1. The number of phenols is 1. The topological polar surface area (TPSA) is 103 Å². The zero-order valence-electron chi connectivity index (χ0n) is 26.6. The van der Waals surface area contributed by atoms with Gasteiger partial charge in [-0.15, -0.1) is 6.42 Å². The fourth-order valence-corrected chi connectivity index (χ4v) is 10.2. The highest BCUT2D eigenvalue weighted by Gasteiger charge is 2.50. The average Bonchev–Trinajstić information content (AvgIpc) is 3.71. The number of fused-ring (bicyclic) bond motifs is 5. The summed E-state index contributed by atoms with van der Waals surface area (Å²) in [6.07, 6.45) is 8.81. The molecular weight excluding hydrogens is 657 g/mol. The molecular formula is C35H35F3N6O4S. The van der Waals surface area contributed by atoms with E-state index in [1.165, 1.54) is 28.6 Å². The number of hydrogen-bond acceptors (Lipinski definition) is 9. The Bertz CT molecular complexity index is 1970. The van der Waals surface area contributed by atoms with Gasteiger partial charge in [0.2, 0.25) is 0 Å². The second-order valence-corrected chi connectivity index (χ2v) is 15.3. The Morgan fingerprint density at radius 2 is 1.96 bits per heavy atom. The molecule has 14 heteroatoms. The van der Waals surface area contributed by atoms with Gasteiger partial charge >= 0.3 is 6.01 Å². The lowest BCUT2D eigenvalue weighted by Gasteiger charge is -2.42. The molecule has 0 radical (unpaired) electrons. The molecule has 5 atom stereocenters. The third-order valence-electron chi connectivity index (χ3n) is 11.0. The van der Waals surface area contributed by atoms with Gasteiger partial charge in [-0.1, -0.05) is 12.0 Å². The Morgan fingerprint density at radius 3 is 2.69 bits per heavy atom. The van der Waals surface area contributed by atoms with Gasteiger partial charge in [-0.2, -0.15) is 9.97 Å². The second-order valence-electron chi connectivity index (χ2n) is 14.0. The summed E-state index contributed by atoms with van der Waals surface area (Å²) in [5.74, 6) is 0.983. The van der Waals surface area contributed by atoms with Crippen LogP contribution in [-0.4, -0.2) is 104 Å². The summed E-state index contributed by atoms with van der Waals surface area (Å²) in [7, 11) is -2.06. The highest BCUT2D eigenvalue weighted by molar-refractivity contribution is 7.83. The molecule has 49 heavy (non-hydrogen) atoms. The van der Waals surface area contributed by atoms with Gasteiger partial charge in [0.05, 0.1) is 36.1 Å². The van der Waals surface area contributed by atoms with Gasteiger partial charge in [0.15, 0.2) is 22.6 Å². The average molecular weight is 693 g/mol. The van der Waals surface area contributed by atoms with Crippen molar-refractivity contribution in [1.29, 1.82) is 0 Å². The van der Waals surface area contributed by atoms with Crippen molar-refractivity contribution in [3.05, 3.63) is 46.9 Å². The number of hydrogen-bond donors (Lipinski definition) is 2. The van der Waals surface area contributed by atoms with Crippen LogP contribution in [-0.2, 0) is 15.7 Å². The monoisotopic (exact) mass is 692 g/mol. The largest absolute Gasteiger partial charge is 0.508 e. The summed E-state index contributed by atoms with van der Waals surface area (Å²) in [5.41, 5.74) is -0.877. The van der Waals surface area contributed by atoms with E-state index in [0.717, 1.165) is 32.2 Å². The van der Waals surface area contributed by atoms with Gasteiger partial charge in [0.1, 0.15) is 34.9 Å². The van der Waals surface area contributed by atoms with Crippen molar-refractivity contribution >= 4 is 39.1 Å². The van der Waals surface area contributed by atoms with Crippen LogP contribution in [0.5, 0.6) is 11.8 Å². The minimum Gasteiger partial charge on any atom is -0.508 e. The predicted molar refractivity (Wildman–Crippen MR) is 177 cm³/mol. The molecule has 9 rings (SSSR count). The number of ether oxygens (including phenoxy) is 2. The summed E-state index contributed by atoms with van der Waals surface area (Å²) in [5, 5.41) is 15.0. The zero-order valence-corrected chi connectivity index (χ0v) is 27.4. The lowest BCUT2D eigenvalue weighted by molar-refractivity contribution is -0.0220. The second kappa shape index (κ2) is 11.6. The Hall–Kier alpha value is -3.90. The fraction of sp³-hybridized carbons (Fsp3) is 0.486. The third kappa shape index (κ3) is 4.92. The standard InChI is InChI=1S/C35H35F3N6O4S/c1-2-25-27(37)7-4-19-10-24(45)11-26(28(19)25)31-29(38)30-32(49(46)44(31)23-16-47-17-23)33(42-14-21-5-6-22(15-42)39-21)41-34(40-30)48-18-35-8-3-9-43(35)13-20(36)12-35/h1,4,7,10-11,20-23,39,45H,3,5-6,8-9,12-18H2/t20-,21?,22?,35+,49?/m1/s1. The van der Waals surface area contributed by atoms with E-state index in [1.807, 2.05) is 4.90 Å². The highest BCUT2D eigenvalue weighted by Crippen LogP contribution is 2.48. The van der Waals surface area contributed by atoms with Crippen LogP contribution in [0.2, 0.25) is 0 Å². The molecule has 256 valence electrons. The number of nitrogens with one attached hydrogen (secondary N) is 1. The van der Waals surface area contributed by atoms with Crippen LogP contribution in [0.25, 0.3) is 22.3 Å². The number of halogens is 3. The molecule has 2 N–H and O–H groups in total. The summed E-state index contributed by atoms with van der Waals surface area (Å²) < 4.78 is 75.4. The van der Waals surface area contributed by atoms with Gasteiger partial charge in [-0.05, 0) is 55.8 Å². The van der Waals surface area contributed by atoms with E-state index in [9.17, 15) is 13.7 Å². The minimum absolute atomic E-state index is 0.0779. The van der Waals surface area contributed by atoms with Crippen LogP contribution < -0.4 is 15.0 Å². The van der Waals surface area contributed by atoms with E-state index in [-0.39, 0.29) is 76.5 Å². The smallest absolute Gasteiger partial charge is 0.319 e. The van der Waals surface area contributed by atoms with E-state index < -0.39 is 40.4 Å². The maximum Gasteiger partial charge on any atom is 0.319 e. The van der Waals surface area contributed by atoms with Crippen LogP contribution in [0, 0.1) is 18.2 Å². The summed E-state index contributed by atoms with van der Waals surface area (Å²) in [4.78, 5) is 13.6. The van der Waals surface area contributed by atoms with Crippen molar-refractivity contribution in [1.82, 2.24) is 24.5 Å². The quantitative estimate of drug-likeness (QED) is 0.373. The Morgan fingerprint density at radius 1 is 1.16 bits per heavy atom. The number of nitrogens with zero attached hydrogens (tertiary/aromatic N) is 5. The zero-order chi connectivity index (χ0) is 33.6. The number of alkyl halides is 1. The summed E-state index contributed by atoms with van der Waals surface area (Å²) >= 11 is 0. The molecule has 6 aliphatic rings. The molecule has 3 unspecified atom stereocenters. The first-order chi connectivity index (χ1) is 23.7. The molecule has 5 fully saturated rings. The van der Waals surface area contributed by atoms with Crippen molar-refractivity contribution in [2.24, 2.45) is 0 Å². The van der Waals surface area contributed by atoms with Crippen LogP contribution in [0.15, 0.2) is 29.2 Å². The molecule has 0 aliphatic carbocycles. The van der Waals surface area contributed by atoms with Crippen molar-refractivity contribution in [2.45, 2.75) is 66.8 Å². The number of phenolic OH excluding ortho intramolecular Hbond substituents is 1. The molecule has 0 amide bonds. The van der Waals surface area contributed by atoms with Crippen molar-refractivity contribution < 1.29 is 32.0 Å². The lowest BCUT2D eigenvalue weighted by Crippen LogP contribution is -2.53. The van der Waals surface area contributed by atoms with Crippen LogP contribution in [0.4, 0.5) is 19.0 Å². The van der Waals surface area contributed by atoms with Crippen LogP contribution in [0.1, 0.15) is 48.9 Å². The fourth-order valence-electron chi connectivity index (χ4n) is 8.68. The Balaban J connectivity index is 1.24. The number of terminal acetylenes is 1. The van der Waals surface area contributed by atoms with Crippen LogP contribution in [0.3, 0.4) is 0 Å². The van der Waals surface area contributed by atoms with E-state index in [2.05, 4.69) is 21.1 Å². The molecule has 10 nitrogen and oxygen atoms in total. The van der Waals surface area contributed by atoms with E-state index in [1.54, 1.807) is 0 Å². The third-order valence-corrected chi connectivity index (χ3v) is 12.5.